The van der Waals surface area contributed by atoms with Gasteiger partial charge in [0.05, 0.1) is 54.2 Å². The molecule has 0 aliphatic rings. The van der Waals surface area contributed by atoms with Gasteiger partial charge in [-0.15, -0.1) is 0 Å². The predicted octanol–water partition coefficient (Wildman–Crippen LogP) is 5.24. The highest BCUT2D eigenvalue weighted by atomic mass is 19.2. The van der Waals surface area contributed by atoms with Crippen LogP contribution in [0, 0.1) is 18.6 Å². The van der Waals surface area contributed by atoms with E-state index >= 15 is 0 Å². The molecule has 0 saturated carbocycles. The third kappa shape index (κ3) is 6.19. The monoisotopic (exact) mass is 530 g/mol. The Morgan fingerprint density at radius 2 is 1.85 bits per heavy atom. The Morgan fingerprint density at radius 3 is 2.69 bits per heavy atom. The minimum Gasteiger partial charge on any atom is -0.490 e. The molecular formula is C29H28F2N6O2. The van der Waals surface area contributed by atoms with E-state index in [2.05, 4.69) is 20.3 Å². The SMILES string of the molecule is Cc1cccc(-c2[nH]c(CNc3cccc(F)c3F)nc2-c2ccc3ncc(OCCOCCN)cc3c2)n1. The van der Waals surface area contributed by atoms with Gasteiger partial charge in [-0.25, -0.2) is 13.8 Å². The summed E-state index contributed by atoms with van der Waals surface area (Å²) in [6, 6.07) is 17.5. The molecule has 0 amide bonds. The molecule has 10 heteroatoms. The fraction of sp³-hybridized carbons (Fsp3) is 0.207. The summed E-state index contributed by atoms with van der Waals surface area (Å²) in [4.78, 5) is 17.3. The summed E-state index contributed by atoms with van der Waals surface area (Å²) >= 11 is 0. The van der Waals surface area contributed by atoms with Crippen molar-refractivity contribution in [2.24, 2.45) is 5.73 Å². The van der Waals surface area contributed by atoms with Crippen LogP contribution in [0.25, 0.3) is 33.5 Å². The number of fused-ring (bicyclic) bond motifs is 1. The number of aromatic amines is 1. The number of benzene rings is 2. The standard InChI is InChI=1S/C29H28F2N6O2/c1-18-4-2-7-25(35-18)29-28(36-26(37-29)17-34-24-6-3-5-22(30)27(24)31)19-8-9-23-20(14-19)15-21(16-33-23)39-13-12-38-11-10-32/h2-9,14-16,34H,10-13,17,32H2,1H3,(H,36,37). The minimum absolute atomic E-state index is 0.0564. The summed E-state index contributed by atoms with van der Waals surface area (Å²) in [6.07, 6.45) is 1.68. The van der Waals surface area contributed by atoms with Gasteiger partial charge in [-0.1, -0.05) is 18.2 Å². The highest BCUT2D eigenvalue weighted by molar-refractivity contribution is 5.87. The van der Waals surface area contributed by atoms with E-state index < -0.39 is 11.6 Å². The number of ether oxygens (including phenoxy) is 2. The van der Waals surface area contributed by atoms with Crippen molar-refractivity contribution in [2.45, 2.75) is 13.5 Å². The first kappa shape index (κ1) is 26.2. The second-order valence-corrected chi connectivity index (χ2v) is 8.85. The van der Waals surface area contributed by atoms with Crippen LogP contribution in [-0.2, 0) is 11.3 Å². The number of halogens is 2. The smallest absolute Gasteiger partial charge is 0.181 e. The van der Waals surface area contributed by atoms with E-state index in [1.165, 1.54) is 12.1 Å². The fourth-order valence-electron chi connectivity index (χ4n) is 4.14. The number of H-pyrrole nitrogens is 1. The van der Waals surface area contributed by atoms with Crippen LogP contribution in [0.2, 0.25) is 0 Å². The molecule has 3 heterocycles. The lowest BCUT2D eigenvalue weighted by molar-refractivity contribution is 0.106. The van der Waals surface area contributed by atoms with Crippen LogP contribution >= 0.6 is 0 Å². The molecule has 200 valence electrons. The second-order valence-electron chi connectivity index (χ2n) is 8.85. The van der Waals surface area contributed by atoms with Crippen LogP contribution in [-0.4, -0.2) is 46.3 Å². The van der Waals surface area contributed by atoms with Crippen molar-refractivity contribution < 1.29 is 18.3 Å². The Morgan fingerprint density at radius 1 is 0.974 bits per heavy atom. The Kier molecular flexibility index (Phi) is 8.04. The van der Waals surface area contributed by atoms with E-state index in [9.17, 15) is 8.78 Å². The van der Waals surface area contributed by atoms with Gasteiger partial charge in [0.2, 0.25) is 0 Å². The van der Waals surface area contributed by atoms with Crippen molar-refractivity contribution in [1.82, 2.24) is 19.9 Å². The quantitative estimate of drug-likeness (QED) is 0.200. The van der Waals surface area contributed by atoms with Crippen LogP contribution in [0.3, 0.4) is 0 Å². The normalized spacial score (nSPS) is 11.2. The van der Waals surface area contributed by atoms with Crippen LogP contribution in [0.4, 0.5) is 14.5 Å². The molecule has 0 fully saturated rings. The summed E-state index contributed by atoms with van der Waals surface area (Å²) in [6.45, 7) is 3.84. The Labute approximate surface area is 224 Å². The molecule has 0 aliphatic carbocycles. The number of pyridine rings is 2. The van der Waals surface area contributed by atoms with Crippen LogP contribution in [0.5, 0.6) is 5.75 Å². The highest BCUT2D eigenvalue weighted by Crippen LogP contribution is 2.32. The van der Waals surface area contributed by atoms with E-state index in [4.69, 9.17) is 20.2 Å². The third-order valence-electron chi connectivity index (χ3n) is 5.98. The van der Waals surface area contributed by atoms with Gasteiger partial charge in [0.25, 0.3) is 0 Å². The van der Waals surface area contributed by atoms with Crippen molar-refractivity contribution >= 4 is 16.6 Å². The summed E-state index contributed by atoms with van der Waals surface area (Å²) in [7, 11) is 0. The van der Waals surface area contributed by atoms with Crippen LogP contribution in [0.1, 0.15) is 11.5 Å². The maximum absolute atomic E-state index is 14.2. The van der Waals surface area contributed by atoms with Gasteiger partial charge in [-0.05, 0) is 49.4 Å². The van der Waals surface area contributed by atoms with Crippen molar-refractivity contribution in [3.63, 3.8) is 0 Å². The molecular weight excluding hydrogens is 502 g/mol. The number of nitrogens with two attached hydrogens (primary N) is 1. The number of anilines is 1. The molecule has 5 rings (SSSR count). The van der Waals surface area contributed by atoms with Gasteiger partial charge in [0, 0.05) is 23.2 Å². The molecule has 0 radical (unpaired) electrons. The highest BCUT2D eigenvalue weighted by Gasteiger charge is 2.17. The van der Waals surface area contributed by atoms with E-state index in [0.717, 1.165) is 28.2 Å². The number of hydrogen-bond donors (Lipinski definition) is 3. The van der Waals surface area contributed by atoms with Crippen molar-refractivity contribution in [1.29, 1.82) is 0 Å². The van der Waals surface area contributed by atoms with Crippen molar-refractivity contribution in [3.05, 3.63) is 90.0 Å². The lowest BCUT2D eigenvalue weighted by Gasteiger charge is -2.08. The van der Waals surface area contributed by atoms with E-state index in [1.807, 2.05) is 49.4 Å². The average Bonchev–Trinajstić information content (AvgIpc) is 3.38. The lowest BCUT2D eigenvalue weighted by atomic mass is 10.1. The number of nitrogens with zero attached hydrogens (tertiary/aromatic N) is 3. The molecule has 0 unspecified atom stereocenters. The van der Waals surface area contributed by atoms with E-state index in [0.29, 0.717) is 55.0 Å². The molecule has 0 bridgehead atoms. The summed E-state index contributed by atoms with van der Waals surface area (Å²) in [5, 5.41) is 3.80. The van der Waals surface area contributed by atoms with E-state index in [1.54, 1.807) is 6.20 Å². The summed E-state index contributed by atoms with van der Waals surface area (Å²) in [5.74, 6) is -0.683. The zero-order valence-electron chi connectivity index (χ0n) is 21.4. The largest absolute Gasteiger partial charge is 0.490 e. The van der Waals surface area contributed by atoms with Gasteiger partial charge in [0.15, 0.2) is 11.6 Å². The van der Waals surface area contributed by atoms with E-state index in [-0.39, 0.29) is 12.2 Å². The summed E-state index contributed by atoms with van der Waals surface area (Å²) in [5.41, 5.74) is 10.1. The van der Waals surface area contributed by atoms with Gasteiger partial charge in [-0.2, -0.15) is 0 Å². The zero-order chi connectivity index (χ0) is 27.2. The predicted molar refractivity (Wildman–Crippen MR) is 146 cm³/mol. The number of imidazole rings is 1. The first-order valence-corrected chi connectivity index (χ1v) is 12.5. The molecule has 2 aromatic carbocycles. The van der Waals surface area contributed by atoms with Gasteiger partial charge in [0.1, 0.15) is 18.2 Å². The molecule has 39 heavy (non-hydrogen) atoms. The minimum atomic E-state index is -0.934. The Hall–Kier alpha value is -4.41. The maximum atomic E-state index is 14.2. The number of rotatable bonds is 11. The molecule has 0 aliphatic heterocycles. The first-order valence-electron chi connectivity index (χ1n) is 12.5. The maximum Gasteiger partial charge on any atom is 0.181 e. The van der Waals surface area contributed by atoms with Gasteiger partial charge >= 0.3 is 0 Å². The molecule has 4 N–H and O–H groups in total. The molecule has 8 nitrogen and oxygen atoms in total. The van der Waals surface area contributed by atoms with Gasteiger partial charge in [-0.3, -0.25) is 9.97 Å². The van der Waals surface area contributed by atoms with Crippen LogP contribution < -0.4 is 15.8 Å². The topological polar surface area (TPSA) is 111 Å². The number of nitrogens with one attached hydrogen (secondary N) is 2. The molecule has 5 aromatic rings. The number of aromatic nitrogens is 4. The molecule has 0 atom stereocenters. The van der Waals surface area contributed by atoms with Crippen LogP contribution in [0.15, 0.2) is 66.9 Å². The molecule has 3 aromatic heterocycles. The number of hydrogen-bond acceptors (Lipinski definition) is 7. The lowest BCUT2D eigenvalue weighted by Crippen LogP contribution is -2.13. The van der Waals surface area contributed by atoms with Gasteiger partial charge < -0.3 is 25.5 Å². The first-order chi connectivity index (χ1) is 19.0. The third-order valence-corrected chi connectivity index (χ3v) is 5.98. The average molecular weight is 531 g/mol. The van der Waals surface area contributed by atoms with Crippen molar-refractivity contribution in [2.75, 3.05) is 31.7 Å². The van der Waals surface area contributed by atoms with Crippen molar-refractivity contribution in [3.8, 4) is 28.4 Å². The second kappa shape index (κ2) is 12.0. The molecule has 0 saturated heterocycles. The Bertz CT molecular complexity index is 1590. The fourth-order valence-corrected chi connectivity index (χ4v) is 4.14. The summed E-state index contributed by atoms with van der Waals surface area (Å²) < 4.78 is 39.0. The zero-order valence-corrected chi connectivity index (χ0v) is 21.4. The number of aryl methyl sites for hydroxylation is 1. The Balaban J connectivity index is 1.46. The molecule has 0 spiro atoms.